The first kappa shape index (κ1) is 18.2. The number of aromatic amines is 1. The minimum Gasteiger partial charge on any atom is -0.859 e. The van der Waals surface area contributed by atoms with Crippen LogP contribution in [0.3, 0.4) is 0 Å². The van der Waals surface area contributed by atoms with Gasteiger partial charge >= 0.3 is 0 Å². The fourth-order valence-electron chi connectivity index (χ4n) is 3.01. The Morgan fingerprint density at radius 1 is 1.10 bits per heavy atom. The van der Waals surface area contributed by atoms with E-state index in [0.29, 0.717) is 28.0 Å². The quantitative estimate of drug-likeness (QED) is 0.508. The summed E-state index contributed by atoms with van der Waals surface area (Å²) in [6, 6.07) is 11.6. The van der Waals surface area contributed by atoms with Gasteiger partial charge in [-0.25, -0.2) is 4.99 Å². The third-order valence-electron chi connectivity index (χ3n) is 4.35. The van der Waals surface area contributed by atoms with Crippen molar-refractivity contribution in [3.05, 3.63) is 58.4 Å². The van der Waals surface area contributed by atoms with Crippen LogP contribution in [-0.2, 0) is 0 Å². The van der Waals surface area contributed by atoms with E-state index >= 15 is 0 Å². The normalized spacial score (nSPS) is 11.2. The number of aliphatic imine (C=N–C) groups is 1. The van der Waals surface area contributed by atoms with Gasteiger partial charge in [-0.15, -0.1) is 5.10 Å². The molecule has 0 amide bonds. The SMILES string of the molecule is COc1ccc(-n2c([O-])c(C=Nc3nn[nH]n3)c3ccccc3c2=O)cc1OC. The first-order valence-corrected chi connectivity index (χ1v) is 8.48. The molecule has 0 spiro atoms. The van der Waals surface area contributed by atoms with Crippen LogP contribution in [0.5, 0.6) is 17.4 Å². The van der Waals surface area contributed by atoms with Crippen molar-refractivity contribution in [1.29, 1.82) is 0 Å². The average Bonchev–Trinajstić information content (AvgIpc) is 3.27. The second kappa shape index (κ2) is 7.43. The first-order chi connectivity index (χ1) is 14.1. The number of fused-ring (bicyclic) bond motifs is 1. The van der Waals surface area contributed by atoms with Crippen molar-refractivity contribution in [3.63, 3.8) is 0 Å². The van der Waals surface area contributed by atoms with Crippen molar-refractivity contribution in [1.82, 2.24) is 25.2 Å². The molecule has 2 aromatic heterocycles. The van der Waals surface area contributed by atoms with Crippen LogP contribution < -0.4 is 20.1 Å². The van der Waals surface area contributed by atoms with Crippen LogP contribution in [0.4, 0.5) is 5.95 Å². The van der Waals surface area contributed by atoms with E-state index in [1.165, 1.54) is 20.4 Å². The number of hydrogen-bond acceptors (Lipinski definition) is 8. The number of ether oxygens (including phenoxy) is 2. The van der Waals surface area contributed by atoms with E-state index in [9.17, 15) is 9.90 Å². The zero-order chi connectivity index (χ0) is 20.4. The minimum atomic E-state index is -0.534. The molecule has 0 aliphatic carbocycles. The van der Waals surface area contributed by atoms with E-state index in [-0.39, 0.29) is 11.5 Å². The minimum absolute atomic E-state index is 0.0670. The van der Waals surface area contributed by atoms with Crippen LogP contribution in [0.1, 0.15) is 5.56 Å². The highest BCUT2D eigenvalue weighted by Gasteiger charge is 2.13. The van der Waals surface area contributed by atoms with E-state index in [1.54, 1.807) is 42.5 Å². The Morgan fingerprint density at radius 3 is 2.55 bits per heavy atom. The van der Waals surface area contributed by atoms with E-state index in [1.807, 2.05) is 0 Å². The fourth-order valence-corrected chi connectivity index (χ4v) is 3.01. The second-order valence-electron chi connectivity index (χ2n) is 5.91. The van der Waals surface area contributed by atoms with Gasteiger partial charge in [0.1, 0.15) is 0 Å². The Bertz CT molecular complexity index is 1260. The van der Waals surface area contributed by atoms with Gasteiger partial charge in [-0.3, -0.25) is 9.36 Å². The van der Waals surface area contributed by atoms with Crippen LogP contribution in [0.2, 0.25) is 0 Å². The van der Waals surface area contributed by atoms with Crippen LogP contribution in [0.15, 0.2) is 52.3 Å². The van der Waals surface area contributed by atoms with E-state index in [0.717, 1.165) is 4.57 Å². The molecule has 0 unspecified atom stereocenters. The fraction of sp³-hybridized carbons (Fsp3) is 0.105. The average molecular weight is 391 g/mol. The van der Waals surface area contributed by atoms with Crippen LogP contribution in [0, 0.1) is 0 Å². The molecule has 4 rings (SSSR count). The smallest absolute Gasteiger partial charge is 0.288 e. The molecule has 1 N–H and O–H groups in total. The topological polar surface area (TPSA) is 130 Å². The van der Waals surface area contributed by atoms with E-state index in [2.05, 4.69) is 25.6 Å². The molecule has 0 aliphatic heterocycles. The molecule has 4 aromatic rings. The summed E-state index contributed by atoms with van der Waals surface area (Å²) in [6.07, 6.45) is 1.33. The number of benzene rings is 2. The molecule has 0 aliphatic rings. The summed E-state index contributed by atoms with van der Waals surface area (Å²) in [6.45, 7) is 0. The Kier molecular flexibility index (Phi) is 4.65. The number of pyridine rings is 1. The lowest BCUT2D eigenvalue weighted by atomic mass is 10.1. The van der Waals surface area contributed by atoms with Crippen molar-refractivity contribution in [2.45, 2.75) is 0 Å². The number of hydrogen-bond donors (Lipinski definition) is 1. The highest BCUT2D eigenvalue weighted by atomic mass is 16.5. The number of methoxy groups -OCH3 is 2. The largest absolute Gasteiger partial charge is 0.859 e. The lowest BCUT2D eigenvalue weighted by Crippen LogP contribution is -2.24. The van der Waals surface area contributed by atoms with Gasteiger partial charge in [0.05, 0.1) is 19.9 Å². The number of nitrogens with one attached hydrogen (secondary N) is 1. The highest BCUT2D eigenvalue weighted by Crippen LogP contribution is 2.31. The summed E-state index contributed by atoms with van der Waals surface area (Å²) in [4.78, 5) is 17.2. The highest BCUT2D eigenvalue weighted by molar-refractivity contribution is 6.02. The van der Waals surface area contributed by atoms with Crippen molar-refractivity contribution >= 4 is 22.9 Å². The third-order valence-corrected chi connectivity index (χ3v) is 4.35. The summed E-state index contributed by atoms with van der Waals surface area (Å²) in [7, 11) is 2.98. The van der Waals surface area contributed by atoms with E-state index < -0.39 is 11.4 Å². The first-order valence-electron chi connectivity index (χ1n) is 8.48. The molecule has 0 bridgehead atoms. The van der Waals surface area contributed by atoms with Crippen molar-refractivity contribution < 1.29 is 14.6 Å². The standard InChI is InChI=1S/C19H16N6O4/c1-28-15-8-7-11(9-16(15)29-2)25-17(26)13-6-4-3-5-12(13)14(18(25)27)10-20-19-21-23-24-22-19/h3-10,27H,1-2H3,(H,21,22,23,24)/p-1. The Morgan fingerprint density at radius 2 is 1.86 bits per heavy atom. The number of H-pyrrole nitrogens is 1. The Labute approximate surface area is 164 Å². The van der Waals surface area contributed by atoms with Crippen LogP contribution in [0.25, 0.3) is 16.5 Å². The molecule has 0 saturated heterocycles. The van der Waals surface area contributed by atoms with Gasteiger partial charge in [0.2, 0.25) is 0 Å². The number of nitrogens with zero attached hydrogens (tertiary/aromatic N) is 5. The molecule has 0 saturated carbocycles. The molecule has 0 fully saturated rings. The molecule has 29 heavy (non-hydrogen) atoms. The zero-order valence-corrected chi connectivity index (χ0v) is 15.5. The lowest BCUT2D eigenvalue weighted by molar-refractivity contribution is -0.277. The molecule has 0 radical (unpaired) electrons. The summed E-state index contributed by atoms with van der Waals surface area (Å²) in [5.41, 5.74) is 0.118. The van der Waals surface area contributed by atoms with Gasteiger partial charge in [0.25, 0.3) is 11.5 Å². The maximum absolute atomic E-state index is 13.3. The van der Waals surface area contributed by atoms with E-state index in [4.69, 9.17) is 9.47 Å². The van der Waals surface area contributed by atoms with Crippen molar-refractivity contribution in [2.75, 3.05) is 14.2 Å². The number of aromatic nitrogens is 5. The summed E-state index contributed by atoms with van der Waals surface area (Å²) in [5, 5.41) is 27.3. The molecule has 10 heteroatoms. The number of rotatable bonds is 5. The summed E-state index contributed by atoms with van der Waals surface area (Å²) < 4.78 is 11.6. The summed E-state index contributed by atoms with van der Waals surface area (Å²) >= 11 is 0. The predicted molar refractivity (Wildman–Crippen MR) is 104 cm³/mol. The molecular formula is C19H15N6O4-. The predicted octanol–water partition coefficient (Wildman–Crippen LogP) is 1.35. The van der Waals surface area contributed by atoms with Gasteiger partial charge in [0.15, 0.2) is 11.5 Å². The Balaban J connectivity index is 1.99. The van der Waals surface area contributed by atoms with Gasteiger partial charge in [-0.05, 0) is 34.7 Å². The van der Waals surface area contributed by atoms with Crippen LogP contribution >= 0.6 is 0 Å². The van der Waals surface area contributed by atoms with Gasteiger partial charge in [-0.1, -0.05) is 23.3 Å². The van der Waals surface area contributed by atoms with Crippen molar-refractivity contribution in [3.8, 4) is 23.1 Å². The lowest BCUT2D eigenvalue weighted by Gasteiger charge is -2.22. The molecular weight excluding hydrogens is 376 g/mol. The molecule has 10 nitrogen and oxygen atoms in total. The second-order valence-corrected chi connectivity index (χ2v) is 5.91. The van der Waals surface area contributed by atoms with Gasteiger partial charge < -0.3 is 14.6 Å². The van der Waals surface area contributed by atoms with Gasteiger partial charge in [0, 0.05) is 23.2 Å². The monoisotopic (exact) mass is 391 g/mol. The van der Waals surface area contributed by atoms with Crippen LogP contribution in [-0.4, -0.2) is 45.6 Å². The molecule has 2 heterocycles. The zero-order valence-electron chi connectivity index (χ0n) is 15.5. The maximum Gasteiger partial charge on any atom is 0.288 e. The third kappa shape index (κ3) is 3.16. The van der Waals surface area contributed by atoms with Gasteiger partial charge in [-0.2, -0.15) is 5.21 Å². The number of tetrazole rings is 1. The van der Waals surface area contributed by atoms with Crippen molar-refractivity contribution in [2.24, 2.45) is 4.99 Å². The molecule has 0 atom stereocenters. The maximum atomic E-state index is 13.3. The molecule has 146 valence electrons. The summed E-state index contributed by atoms with van der Waals surface area (Å²) in [5.74, 6) is 0.411. The molecule has 2 aromatic carbocycles. The Hall–Kier alpha value is -4.21.